The highest BCUT2D eigenvalue weighted by molar-refractivity contribution is 7.17. The van der Waals surface area contributed by atoms with Gasteiger partial charge in [0.1, 0.15) is 5.00 Å². The molecular weight excluding hydrogens is 456 g/mol. The van der Waals surface area contributed by atoms with Crippen LogP contribution in [0.3, 0.4) is 0 Å². The van der Waals surface area contributed by atoms with E-state index in [1.807, 2.05) is 12.1 Å². The summed E-state index contributed by atoms with van der Waals surface area (Å²) in [7, 11) is 0. The van der Waals surface area contributed by atoms with Crippen LogP contribution < -0.4 is 11.1 Å². The summed E-state index contributed by atoms with van der Waals surface area (Å²) in [6, 6.07) is 10.7. The lowest BCUT2D eigenvalue weighted by Gasteiger charge is -2.18. The highest BCUT2D eigenvalue weighted by Crippen LogP contribution is 2.40. The van der Waals surface area contributed by atoms with Gasteiger partial charge in [0, 0.05) is 33.2 Å². The van der Waals surface area contributed by atoms with Gasteiger partial charge in [-0.3, -0.25) is 14.6 Å². The molecule has 2 amide bonds. The molecule has 3 aromatic heterocycles. The van der Waals surface area contributed by atoms with Crippen molar-refractivity contribution in [2.24, 2.45) is 11.7 Å². The first-order valence-corrected chi connectivity index (χ1v) is 11.9. The number of nitrogens with one attached hydrogen (secondary N) is 1. The van der Waals surface area contributed by atoms with E-state index >= 15 is 0 Å². The molecule has 3 heterocycles. The fraction of sp³-hybridized carbons (Fsp3) is 0.200. The molecule has 0 saturated carbocycles. The van der Waals surface area contributed by atoms with Gasteiger partial charge in [-0.05, 0) is 67.1 Å². The number of nitrogens with zero attached hydrogens (tertiary/aromatic N) is 2. The Bertz CT molecular complexity index is 1400. The van der Waals surface area contributed by atoms with E-state index in [9.17, 15) is 9.59 Å². The first-order chi connectivity index (χ1) is 15.9. The highest BCUT2D eigenvalue weighted by atomic mass is 35.5. The Kier molecular flexibility index (Phi) is 5.60. The maximum Gasteiger partial charge on any atom is 0.257 e. The molecule has 0 radical (unpaired) electrons. The number of carbonyl (C=O) groups excluding carboxylic acids is 2. The third-order valence-corrected chi connectivity index (χ3v) is 7.36. The Morgan fingerprint density at radius 1 is 1.24 bits per heavy atom. The summed E-state index contributed by atoms with van der Waals surface area (Å²) in [5, 5.41) is 4.60. The third kappa shape index (κ3) is 4.10. The molecule has 1 aliphatic rings. The molecule has 0 bridgehead atoms. The Hall–Kier alpha value is -3.29. The maximum atomic E-state index is 13.5. The standard InChI is InChI=1S/C25H21ClN4O2S/c1-13-4-6-16-21(9-13)33-25(22(16)23(27)31)30-24(32)18-11-20(14-3-2-8-28-12-14)29-19-7-5-15(26)10-17(18)19/h2-3,5,7-8,10-13H,4,6,9H2,1H3,(H2,27,31)(H,30,32). The number of nitrogens with two attached hydrogens (primary N) is 1. The van der Waals surface area contributed by atoms with E-state index in [1.54, 1.807) is 36.7 Å². The minimum absolute atomic E-state index is 0.344. The maximum absolute atomic E-state index is 13.5. The number of halogens is 1. The van der Waals surface area contributed by atoms with Gasteiger partial charge in [0.15, 0.2) is 0 Å². The fourth-order valence-electron chi connectivity index (χ4n) is 4.32. The van der Waals surface area contributed by atoms with Crippen molar-refractivity contribution in [2.75, 3.05) is 5.32 Å². The van der Waals surface area contributed by atoms with E-state index in [1.165, 1.54) is 11.3 Å². The summed E-state index contributed by atoms with van der Waals surface area (Å²) in [6.07, 6.45) is 6.06. The minimum Gasteiger partial charge on any atom is -0.365 e. The van der Waals surface area contributed by atoms with Crippen molar-refractivity contribution in [3.8, 4) is 11.3 Å². The highest BCUT2D eigenvalue weighted by Gasteiger charge is 2.28. The van der Waals surface area contributed by atoms with Crippen LogP contribution >= 0.6 is 22.9 Å². The van der Waals surface area contributed by atoms with Gasteiger partial charge < -0.3 is 11.1 Å². The van der Waals surface area contributed by atoms with Gasteiger partial charge in [-0.2, -0.15) is 0 Å². The number of fused-ring (bicyclic) bond motifs is 2. The van der Waals surface area contributed by atoms with Crippen LogP contribution in [0.4, 0.5) is 5.00 Å². The zero-order valence-electron chi connectivity index (χ0n) is 17.9. The molecule has 1 aliphatic carbocycles. The molecule has 8 heteroatoms. The van der Waals surface area contributed by atoms with E-state index in [0.717, 1.165) is 35.3 Å². The second-order valence-corrected chi connectivity index (χ2v) is 9.87. The van der Waals surface area contributed by atoms with Gasteiger partial charge >= 0.3 is 0 Å². The summed E-state index contributed by atoms with van der Waals surface area (Å²) in [5.74, 6) is -0.325. The van der Waals surface area contributed by atoms with E-state index in [4.69, 9.17) is 22.3 Å². The zero-order chi connectivity index (χ0) is 23.1. The molecule has 33 heavy (non-hydrogen) atoms. The van der Waals surface area contributed by atoms with Crippen molar-refractivity contribution in [3.63, 3.8) is 0 Å². The molecule has 0 spiro atoms. The predicted molar refractivity (Wildman–Crippen MR) is 132 cm³/mol. The predicted octanol–water partition coefficient (Wildman–Crippen LogP) is 5.49. The second kappa shape index (κ2) is 8.57. The molecule has 166 valence electrons. The van der Waals surface area contributed by atoms with Crippen molar-refractivity contribution in [1.82, 2.24) is 9.97 Å². The Morgan fingerprint density at radius 2 is 2.09 bits per heavy atom. The monoisotopic (exact) mass is 476 g/mol. The molecule has 0 aliphatic heterocycles. The number of pyridine rings is 2. The summed E-state index contributed by atoms with van der Waals surface area (Å²) < 4.78 is 0. The quantitative estimate of drug-likeness (QED) is 0.407. The summed E-state index contributed by atoms with van der Waals surface area (Å²) >= 11 is 7.67. The summed E-state index contributed by atoms with van der Waals surface area (Å²) in [6.45, 7) is 2.19. The second-order valence-electron chi connectivity index (χ2n) is 8.33. The zero-order valence-corrected chi connectivity index (χ0v) is 19.5. The number of carbonyl (C=O) groups is 2. The van der Waals surface area contributed by atoms with Crippen molar-refractivity contribution in [3.05, 3.63) is 75.4 Å². The molecule has 0 fully saturated rings. The third-order valence-electron chi connectivity index (χ3n) is 5.96. The molecule has 4 aromatic rings. The largest absolute Gasteiger partial charge is 0.365 e. The van der Waals surface area contributed by atoms with E-state index in [2.05, 4.69) is 17.2 Å². The fourth-order valence-corrected chi connectivity index (χ4v) is 5.90. The number of amides is 2. The van der Waals surface area contributed by atoms with Crippen LogP contribution in [0, 0.1) is 5.92 Å². The van der Waals surface area contributed by atoms with Gasteiger partial charge in [0.05, 0.1) is 22.3 Å². The average molecular weight is 477 g/mol. The summed E-state index contributed by atoms with van der Waals surface area (Å²) in [5.41, 5.74) is 9.59. The van der Waals surface area contributed by atoms with Crippen LogP contribution in [0.5, 0.6) is 0 Å². The molecule has 0 saturated heterocycles. The van der Waals surface area contributed by atoms with Crippen LogP contribution in [0.15, 0.2) is 48.8 Å². The number of aromatic nitrogens is 2. The Labute approximate surface area is 199 Å². The number of rotatable bonds is 4. The van der Waals surface area contributed by atoms with Gasteiger partial charge in [-0.15, -0.1) is 11.3 Å². The first-order valence-electron chi connectivity index (χ1n) is 10.7. The van der Waals surface area contributed by atoms with Crippen molar-refractivity contribution < 1.29 is 9.59 Å². The van der Waals surface area contributed by atoms with Gasteiger partial charge in [-0.25, -0.2) is 4.98 Å². The van der Waals surface area contributed by atoms with Crippen LogP contribution in [-0.4, -0.2) is 21.8 Å². The van der Waals surface area contributed by atoms with Crippen LogP contribution in [0.2, 0.25) is 5.02 Å². The van der Waals surface area contributed by atoms with Crippen molar-refractivity contribution in [1.29, 1.82) is 0 Å². The molecule has 1 aromatic carbocycles. The number of thiophene rings is 1. The first kappa shape index (κ1) is 21.6. The average Bonchev–Trinajstić information content (AvgIpc) is 3.15. The SMILES string of the molecule is CC1CCc2c(sc(NC(=O)c3cc(-c4cccnc4)nc4ccc(Cl)cc34)c2C(N)=O)C1. The van der Waals surface area contributed by atoms with E-state index in [-0.39, 0.29) is 5.91 Å². The minimum atomic E-state index is -0.518. The van der Waals surface area contributed by atoms with Gasteiger partial charge in [0.25, 0.3) is 11.8 Å². The number of hydrogen-bond acceptors (Lipinski definition) is 5. The lowest BCUT2D eigenvalue weighted by atomic mass is 9.88. The number of anilines is 1. The molecule has 3 N–H and O–H groups in total. The van der Waals surface area contributed by atoms with Crippen LogP contribution in [0.1, 0.15) is 44.5 Å². The smallest absolute Gasteiger partial charge is 0.257 e. The van der Waals surface area contributed by atoms with Gasteiger partial charge in [-0.1, -0.05) is 18.5 Å². The molecule has 6 nitrogen and oxygen atoms in total. The molecule has 1 unspecified atom stereocenters. The number of primary amides is 1. The topological polar surface area (TPSA) is 98.0 Å². The van der Waals surface area contributed by atoms with E-state index < -0.39 is 5.91 Å². The molecule has 1 atom stereocenters. The summed E-state index contributed by atoms with van der Waals surface area (Å²) in [4.78, 5) is 35.8. The van der Waals surface area contributed by atoms with Crippen molar-refractivity contribution >= 4 is 50.7 Å². The lowest BCUT2D eigenvalue weighted by Crippen LogP contribution is -2.19. The lowest BCUT2D eigenvalue weighted by molar-refractivity contribution is 0.1000. The number of hydrogen-bond donors (Lipinski definition) is 2. The Morgan fingerprint density at radius 3 is 2.85 bits per heavy atom. The van der Waals surface area contributed by atoms with Crippen LogP contribution in [-0.2, 0) is 12.8 Å². The molecule has 5 rings (SSSR count). The van der Waals surface area contributed by atoms with Crippen LogP contribution in [0.25, 0.3) is 22.2 Å². The normalized spacial score (nSPS) is 15.3. The van der Waals surface area contributed by atoms with Gasteiger partial charge in [0.2, 0.25) is 0 Å². The number of benzene rings is 1. The van der Waals surface area contributed by atoms with Crippen molar-refractivity contribution in [2.45, 2.75) is 26.2 Å². The van der Waals surface area contributed by atoms with E-state index in [0.29, 0.717) is 43.7 Å². The molecular formula is C25H21ClN4O2S. The Balaban J connectivity index is 1.61.